The Labute approximate surface area is 117 Å². The minimum Gasteiger partial charge on any atom is -0.265 e. The number of fused-ring (bicyclic) bond motifs is 1. The first-order valence-electron chi connectivity index (χ1n) is 6.35. The van der Waals surface area contributed by atoms with Gasteiger partial charge in [0.2, 0.25) is 0 Å². The number of nitrogens with zero attached hydrogens (tertiary/aromatic N) is 1. The Morgan fingerprint density at radius 1 is 0.895 bits per heavy atom. The summed E-state index contributed by atoms with van der Waals surface area (Å²) in [6, 6.07) is 18.7. The second-order valence-corrected chi connectivity index (χ2v) is 5.12. The van der Waals surface area contributed by atoms with Gasteiger partial charge < -0.3 is 0 Å². The zero-order chi connectivity index (χ0) is 13.1. The highest BCUT2D eigenvalue weighted by Gasteiger charge is 2.11. The van der Waals surface area contributed by atoms with Gasteiger partial charge in [-0.05, 0) is 40.5 Å². The van der Waals surface area contributed by atoms with Gasteiger partial charge in [-0.2, -0.15) is 0 Å². The van der Waals surface area contributed by atoms with Crippen LogP contribution >= 0.6 is 11.6 Å². The summed E-state index contributed by atoms with van der Waals surface area (Å²) in [4.78, 5) is 4.03. The lowest BCUT2D eigenvalue weighted by Crippen LogP contribution is -1.97. The Bertz CT molecular complexity index is 674. The lowest BCUT2D eigenvalue weighted by atomic mass is 9.98. The van der Waals surface area contributed by atoms with Gasteiger partial charge >= 0.3 is 0 Å². The van der Waals surface area contributed by atoms with Crippen LogP contribution in [0, 0.1) is 0 Å². The molecule has 2 heteroatoms. The van der Waals surface area contributed by atoms with E-state index in [0.717, 1.165) is 6.42 Å². The van der Waals surface area contributed by atoms with Crippen molar-refractivity contribution in [3.8, 4) is 0 Å². The standard InChI is InChI=1S/C17H14ClN/c18-17(12-13-8-10-19-11-9-13)16-7-3-5-14-4-1-2-6-15(14)16/h1-11,17H,12H2. The van der Waals surface area contributed by atoms with E-state index < -0.39 is 0 Å². The van der Waals surface area contributed by atoms with E-state index in [-0.39, 0.29) is 5.38 Å². The van der Waals surface area contributed by atoms with Gasteiger partial charge in [0, 0.05) is 12.4 Å². The molecule has 0 aliphatic heterocycles. The molecule has 0 radical (unpaired) electrons. The van der Waals surface area contributed by atoms with E-state index in [9.17, 15) is 0 Å². The van der Waals surface area contributed by atoms with Crippen molar-refractivity contribution in [3.63, 3.8) is 0 Å². The molecule has 0 spiro atoms. The summed E-state index contributed by atoms with van der Waals surface area (Å²) >= 11 is 6.60. The van der Waals surface area contributed by atoms with Gasteiger partial charge in [0.05, 0.1) is 5.38 Å². The molecule has 3 aromatic rings. The molecular weight excluding hydrogens is 254 g/mol. The fourth-order valence-electron chi connectivity index (χ4n) is 2.36. The largest absolute Gasteiger partial charge is 0.265 e. The summed E-state index contributed by atoms with van der Waals surface area (Å²) in [7, 11) is 0. The van der Waals surface area contributed by atoms with Gasteiger partial charge in [0.1, 0.15) is 0 Å². The highest BCUT2D eigenvalue weighted by Crippen LogP contribution is 2.30. The molecule has 1 heterocycles. The molecule has 94 valence electrons. The van der Waals surface area contributed by atoms with Gasteiger partial charge in [-0.3, -0.25) is 4.98 Å². The maximum atomic E-state index is 6.60. The molecule has 1 aromatic heterocycles. The molecule has 0 bridgehead atoms. The minimum atomic E-state index is -0.0199. The monoisotopic (exact) mass is 267 g/mol. The summed E-state index contributed by atoms with van der Waals surface area (Å²) in [6.07, 6.45) is 4.43. The molecule has 1 atom stereocenters. The Balaban J connectivity index is 1.96. The van der Waals surface area contributed by atoms with Crippen molar-refractivity contribution in [3.05, 3.63) is 78.1 Å². The Hall–Kier alpha value is -1.86. The third-order valence-corrected chi connectivity index (χ3v) is 3.71. The van der Waals surface area contributed by atoms with Gasteiger partial charge in [0.15, 0.2) is 0 Å². The molecule has 1 nitrogen and oxygen atoms in total. The first-order chi connectivity index (χ1) is 9.34. The number of pyridine rings is 1. The highest BCUT2D eigenvalue weighted by molar-refractivity contribution is 6.22. The van der Waals surface area contributed by atoms with Gasteiger partial charge in [-0.1, -0.05) is 42.5 Å². The van der Waals surface area contributed by atoms with Crippen LogP contribution in [-0.2, 0) is 6.42 Å². The minimum absolute atomic E-state index is 0.0199. The number of benzene rings is 2. The fourth-order valence-corrected chi connectivity index (χ4v) is 2.73. The zero-order valence-electron chi connectivity index (χ0n) is 10.5. The molecule has 19 heavy (non-hydrogen) atoms. The molecule has 0 aliphatic carbocycles. The van der Waals surface area contributed by atoms with E-state index in [4.69, 9.17) is 11.6 Å². The summed E-state index contributed by atoms with van der Waals surface area (Å²) in [5.41, 5.74) is 2.40. The summed E-state index contributed by atoms with van der Waals surface area (Å²) in [6.45, 7) is 0. The van der Waals surface area contributed by atoms with Crippen LogP contribution in [0.3, 0.4) is 0 Å². The van der Waals surface area contributed by atoms with Crippen LogP contribution in [0.5, 0.6) is 0 Å². The van der Waals surface area contributed by atoms with E-state index in [1.54, 1.807) is 0 Å². The topological polar surface area (TPSA) is 12.9 Å². The van der Waals surface area contributed by atoms with Crippen molar-refractivity contribution in [2.45, 2.75) is 11.8 Å². The predicted molar refractivity (Wildman–Crippen MR) is 80.5 cm³/mol. The number of hydrogen-bond donors (Lipinski definition) is 0. The van der Waals surface area contributed by atoms with Crippen LogP contribution in [0.2, 0.25) is 0 Å². The second-order valence-electron chi connectivity index (χ2n) is 4.60. The normalized spacial score (nSPS) is 12.5. The van der Waals surface area contributed by atoms with Crippen LogP contribution < -0.4 is 0 Å². The van der Waals surface area contributed by atoms with Crippen LogP contribution in [0.4, 0.5) is 0 Å². The van der Waals surface area contributed by atoms with E-state index in [0.29, 0.717) is 0 Å². The summed E-state index contributed by atoms with van der Waals surface area (Å²) in [5.74, 6) is 0. The number of rotatable bonds is 3. The van der Waals surface area contributed by atoms with Crippen molar-refractivity contribution < 1.29 is 0 Å². The zero-order valence-corrected chi connectivity index (χ0v) is 11.2. The average Bonchev–Trinajstić information content (AvgIpc) is 2.47. The van der Waals surface area contributed by atoms with Crippen LogP contribution in [0.15, 0.2) is 67.0 Å². The molecule has 0 fully saturated rings. The number of hydrogen-bond acceptors (Lipinski definition) is 1. The number of alkyl halides is 1. The Morgan fingerprint density at radius 2 is 1.63 bits per heavy atom. The smallest absolute Gasteiger partial charge is 0.0631 e. The number of aromatic nitrogens is 1. The number of halogens is 1. The predicted octanol–water partition coefficient (Wildman–Crippen LogP) is 4.76. The molecule has 0 saturated carbocycles. The molecule has 0 saturated heterocycles. The molecule has 0 amide bonds. The average molecular weight is 268 g/mol. The third kappa shape index (κ3) is 2.61. The van der Waals surface area contributed by atoms with Crippen molar-refractivity contribution >= 4 is 22.4 Å². The quantitative estimate of drug-likeness (QED) is 0.624. The van der Waals surface area contributed by atoms with E-state index in [1.807, 2.05) is 24.5 Å². The maximum Gasteiger partial charge on any atom is 0.0631 e. The Kier molecular flexibility index (Phi) is 3.47. The molecule has 2 aromatic carbocycles. The van der Waals surface area contributed by atoms with Crippen molar-refractivity contribution in [2.75, 3.05) is 0 Å². The second kappa shape index (κ2) is 5.41. The van der Waals surface area contributed by atoms with Crippen LogP contribution in [0.1, 0.15) is 16.5 Å². The lowest BCUT2D eigenvalue weighted by molar-refractivity contribution is 0.924. The first kappa shape index (κ1) is 12.2. The van der Waals surface area contributed by atoms with E-state index in [2.05, 4.69) is 47.4 Å². The van der Waals surface area contributed by atoms with Crippen molar-refractivity contribution in [1.29, 1.82) is 0 Å². The Morgan fingerprint density at radius 3 is 2.47 bits per heavy atom. The van der Waals surface area contributed by atoms with Crippen LogP contribution in [0.25, 0.3) is 10.8 Å². The van der Waals surface area contributed by atoms with Gasteiger partial charge in [-0.15, -0.1) is 11.6 Å². The highest BCUT2D eigenvalue weighted by atomic mass is 35.5. The van der Waals surface area contributed by atoms with E-state index >= 15 is 0 Å². The van der Waals surface area contributed by atoms with E-state index in [1.165, 1.54) is 21.9 Å². The molecule has 0 N–H and O–H groups in total. The fraction of sp³-hybridized carbons (Fsp3) is 0.118. The first-order valence-corrected chi connectivity index (χ1v) is 6.79. The summed E-state index contributed by atoms with van der Waals surface area (Å²) < 4.78 is 0. The van der Waals surface area contributed by atoms with Gasteiger partial charge in [-0.25, -0.2) is 0 Å². The molecule has 3 rings (SSSR count). The molecule has 1 unspecified atom stereocenters. The summed E-state index contributed by atoms with van der Waals surface area (Å²) in [5, 5.41) is 2.45. The molecular formula is C17H14ClN. The van der Waals surface area contributed by atoms with Crippen LogP contribution in [-0.4, -0.2) is 4.98 Å². The van der Waals surface area contributed by atoms with Crippen molar-refractivity contribution in [2.24, 2.45) is 0 Å². The SMILES string of the molecule is ClC(Cc1ccncc1)c1cccc2ccccc12. The lowest BCUT2D eigenvalue weighted by Gasteiger charge is -2.13. The molecule has 0 aliphatic rings. The van der Waals surface area contributed by atoms with Crippen molar-refractivity contribution in [1.82, 2.24) is 4.98 Å². The van der Waals surface area contributed by atoms with Gasteiger partial charge in [0.25, 0.3) is 0 Å². The maximum absolute atomic E-state index is 6.60. The third-order valence-electron chi connectivity index (χ3n) is 3.33.